The van der Waals surface area contributed by atoms with Crippen molar-refractivity contribution in [2.75, 3.05) is 24.6 Å². The fraction of sp³-hybridized carbons (Fsp3) is 0.857. The van der Waals surface area contributed by atoms with Crippen LogP contribution >= 0.6 is 0 Å². The number of esters is 1. The first kappa shape index (κ1) is 17.2. The summed E-state index contributed by atoms with van der Waals surface area (Å²) in [6.45, 7) is 6.21. The number of amides is 1. The molecule has 2 aliphatic rings. The molecule has 22 heavy (non-hydrogen) atoms. The normalized spacial score (nSPS) is 32.5. The molecular weight excluding hydrogens is 310 g/mol. The van der Waals surface area contributed by atoms with E-state index in [4.69, 9.17) is 9.47 Å². The van der Waals surface area contributed by atoms with Crippen LogP contribution in [-0.4, -0.2) is 68.1 Å². The molecule has 0 N–H and O–H groups in total. The number of carbonyl (C=O) groups is 2. The molecule has 2 saturated heterocycles. The maximum absolute atomic E-state index is 12.3. The molecule has 1 amide bonds. The molecule has 4 unspecified atom stereocenters. The van der Waals surface area contributed by atoms with Gasteiger partial charge >= 0.3 is 5.97 Å². The van der Waals surface area contributed by atoms with Gasteiger partial charge in [-0.15, -0.1) is 0 Å². The third kappa shape index (κ3) is 4.19. The number of carbonyl (C=O) groups excluding carboxylic acids is 2. The minimum atomic E-state index is -3.14. The Morgan fingerprint density at radius 2 is 1.82 bits per heavy atom. The van der Waals surface area contributed by atoms with Crippen molar-refractivity contribution in [1.82, 2.24) is 4.90 Å². The van der Waals surface area contributed by atoms with E-state index in [0.29, 0.717) is 13.1 Å². The monoisotopic (exact) mass is 333 g/mol. The molecule has 0 aromatic rings. The molecule has 0 aromatic carbocycles. The fourth-order valence-corrected chi connectivity index (χ4v) is 4.64. The van der Waals surface area contributed by atoms with E-state index >= 15 is 0 Å². The highest BCUT2D eigenvalue weighted by Gasteiger charge is 2.36. The first-order chi connectivity index (χ1) is 10.2. The minimum Gasteiger partial charge on any atom is -0.452 e. The van der Waals surface area contributed by atoms with E-state index in [-0.39, 0.29) is 36.0 Å². The second-order valence-corrected chi connectivity index (χ2v) is 8.41. The van der Waals surface area contributed by atoms with Gasteiger partial charge in [0.2, 0.25) is 0 Å². The van der Waals surface area contributed by atoms with Crippen LogP contribution < -0.4 is 0 Å². The molecule has 2 rings (SSSR count). The minimum absolute atomic E-state index is 0.00753. The average molecular weight is 333 g/mol. The summed E-state index contributed by atoms with van der Waals surface area (Å²) in [7, 11) is -3.14. The Morgan fingerprint density at radius 3 is 2.32 bits per heavy atom. The molecule has 0 spiro atoms. The molecule has 0 radical (unpaired) electrons. The van der Waals surface area contributed by atoms with Crippen LogP contribution in [0, 0.1) is 5.92 Å². The quantitative estimate of drug-likeness (QED) is 0.675. The summed E-state index contributed by atoms with van der Waals surface area (Å²) in [5.74, 6) is -1.69. The van der Waals surface area contributed by atoms with Gasteiger partial charge in [0, 0.05) is 13.1 Å². The molecule has 4 atom stereocenters. The van der Waals surface area contributed by atoms with E-state index in [1.54, 1.807) is 4.90 Å². The van der Waals surface area contributed by atoms with Crippen molar-refractivity contribution in [1.29, 1.82) is 0 Å². The van der Waals surface area contributed by atoms with E-state index in [0.717, 1.165) is 0 Å². The molecule has 126 valence electrons. The molecule has 8 heteroatoms. The number of hydrogen-bond acceptors (Lipinski definition) is 6. The van der Waals surface area contributed by atoms with Crippen LogP contribution in [0.15, 0.2) is 0 Å². The SMILES string of the molecule is CC1CN(C(=O)C(C)OC(=O)C2CCS(=O)(=O)C2)CC(C)O1. The summed E-state index contributed by atoms with van der Waals surface area (Å²) in [5.41, 5.74) is 0. The second-order valence-electron chi connectivity index (χ2n) is 6.18. The summed E-state index contributed by atoms with van der Waals surface area (Å²) < 4.78 is 33.5. The lowest BCUT2D eigenvalue weighted by atomic mass is 10.1. The third-order valence-electron chi connectivity index (χ3n) is 3.94. The van der Waals surface area contributed by atoms with Crippen LogP contribution in [-0.2, 0) is 28.9 Å². The Kier molecular flexibility index (Phi) is 5.11. The summed E-state index contributed by atoms with van der Waals surface area (Å²) in [6.07, 6.45) is -0.757. The van der Waals surface area contributed by atoms with Crippen LogP contribution in [0.4, 0.5) is 0 Å². The van der Waals surface area contributed by atoms with Gasteiger partial charge in [-0.3, -0.25) is 9.59 Å². The topological polar surface area (TPSA) is 90.0 Å². The predicted molar refractivity (Wildman–Crippen MR) is 78.9 cm³/mol. The molecular formula is C14H23NO6S. The second kappa shape index (κ2) is 6.54. The predicted octanol–water partition coefficient (Wildman–Crippen LogP) is -0.0114. The van der Waals surface area contributed by atoms with Gasteiger partial charge in [0.15, 0.2) is 15.9 Å². The Balaban J connectivity index is 1.90. The standard InChI is InChI=1S/C14H23NO6S/c1-9-6-15(7-10(2)20-9)13(16)11(3)21-14(17)12-4-5-22(18,19)8-12/h9-12H,4-8H2,1-3H3. The number of rotatable bonds is 3. The Labute approximate surface area is 130 Å². The molecule has 7 nitrogen and oxygen atoms in total. The largest absolute Gasteiger partial charge is 0.452 e. The van der Waals surface area contributed by atoms with Crippen molar-refractivity contribution >= 4 is 21.7 Å². The molecule has 0 bridgehead atoms. The summed E-state index contributed by atoms with van der Waals surface area (Å²) in [5, 5.41) is 0. The highest BCUT2D eigenvalue weighted by molar-refractivity contribution is 7.91. The number of ether oxygens (including phenoxy) is 2. The first-order valence-electron chi connectivity index (χ1n) is 7.53. The van der Waals surface area contributed by atoms with Crippen LogP contribution in [0.5, 0.6) is 0 Å². The van der Waals surface area contributed by atoms with Gasteiger partial charge in [0.05, 0.1) is 29.6 Å². The lowest BCUT2D eigenvalue weighted by Gasteiger charge is -2.36. The van der Waals surface area contributed by atoms with E-state index < -0.39 is 27.8 Å². The Bertz CT molecular complexity index is 536. The summed E-state index contributed by atoms with van der Waals surface area (Å²) in [6, 6.07) is 0. The van der Waals surface area contributed by atoms with Crippen LogP contribution in [0.25, 0.3) is 0 Å². The number of sulfone groups is 1. The van der Waals surface area contributed by atoms with Crippen LogP contribution in [0.3, 0.4) is 0 Å². The fourth-order valence-electron chi connectivity index (χ4n) is 2.92. The molecule has 0 aliphatic carbocycles. The molecule has 2 aliphatic heterocycles. The zero-order valence-corrected chi connectivity index (χ0v) is 14.0. The van der Waals surface area contributed by atoms with E-state index in [2.05, 4.69) is 0 Å². The number of hydrogen-bond donors (Lipinski definition) is 0. The maximum Gasteiger partial charge on any atom is 0.310 e. The lowest BCUT2D eigenvalue weighted by molar-refractivity contribution is -0.166. The lowest BCUT2D eigenvalue weighted by Crippen LogP contribution is -2.51. The Morgan fingerprint density at radius 1 is 1.23 bits per heavy atom. The smallest absolute Gasteiger partial charge is 0.310 e. The van der Waals surface area contributed by atoms with Gasteiger partial charge in [0.1, 0.15) is 0 Å². The van der Waals surface area contributed by atoms with Gasteiger partial charge in [-0.05, 0) is 27.2 Å². The molecule has 2 heterocycles. The zero-order chi connectivity index (χ0) is 16.5. The number of morpholine rings is 1. The summed E-state index contributed by atoms with van der Waals surface area (Å²) in [4.78, 5) is 25.9. The van der Waals surface area contributed by atoms with Crippen molar-refractivity contribution < 1.29 is 27.5 Å². The Hall–Kier alpha value is -1.15. The number of nitrogens with zero attached hydrogens (tertiary/aromatic N) is 1. The van der Waals surface area contributed by atoms with Crippen LogP contribution in [0.2, 0.25) is 0 Å². The van der Waals surface area contributed by atoms with Gasteiger partial charge in [0.25, 0.3) is 5.91 Å². The molecule has 2 fully saturated rings. The highest BCUT2D eigenvalue weighted by Crippen LogP contribution is 2.21. The zero-order valence-electron chi connectivity index (χ0n) is 13.1. The first-order valence-corrected chi connectivity index (χ1v) is 9.35. The van der Waals surface area contributed by atoms with E-state index in [9.17, 15) is 18.0 Å². The third-order valence-corrected chi connectivity index (χ3v) is 5.71. The van der Waals surface area contributed by atoms with E-state index in [1.165, 1.54) is 6.92 Å². The van der Waals surface area contributed by atoms with Crippen LogP contribution in [0.1, 0.15) is 27.2 Å². The molecule has 0 aromatic heterocycles. The van der Waals surface area contributed by atoms with Crippen molar-refractivity contribution in [3.05, 3.63) is 0 Å². The van der Waals surface area contributed by atoms with Crippen molar-refractivity contribution in [2.24, 2.45) is 5.92 Å². The van der Waals surface area contributed by atoms with Crippen molar-refractivity contribution in [2.45, 2.75) is 45.5 Å². The summed E-state index contributed by atoms with van der Waals surface area (Å²) >= 11 is 0. The van der Waals surface area contributed by atoms with Gasteiger partial charge in [-0.2, -0.15) is 0 Å². The molecule has 0 saturated carbocycles. The van der Waals surface area contributed by atoms with Crippen molar-refractivity contribution in [3.63, 3.8) is 0 Å². The highest BCUT2D eigenvalue weighted by atomic mass is 32.2. The average Bonchev–Trinajstić information content (AvgIpc) is 2.77. The van der Waals surface area contributed by atoms with Gasteiger partial charge < -0.3 is 14.4 Å². The maximum atomic E-state index is 12.3. The van der Waals surface area contributed by atoms with Gasteiger partial charge in [-0.25, -0.2) is 8.42 Å². The van der Waals surface area contributed by atoms with E-state index in [1.807, 2.05) is 13.8 Å². The van der Waals surface area contributed by atoms with Gasteiger partial charge in [-0.1, -0.05) is 0 Å². The van der Waals surface area contributed by atoms with Crippen molar-refractivity contribution in [3.8, 4) is 0 Å².